The zero-order valence-corrected chi connectivity index (χ0v) is 10.1. The Labute approximate surface area is 97.8 Å². The number of hydrogen-bond donors (Lipinski definition) is 3. The third kappa shape index (κ3) is 2.97. The molecule has 1 aromatic carbocycles. The summed E-state index contributed by atoms with van der Waals surface area (Å²) in [4.78, 5) is 3.46. The maximum absolute atomic E-state index is 5.69. The van der Waals surface area contributed by atoms with E-state index in [1.165, 1.54) is 38.3 Å². The fraction of sp³-hybridized carbons (Fsp3) is 0.538. The third-order valence-corrected chi connectivity index (χ3v) is 3.60. The zero-order valence-electron chi connectivity index (χ0n) is 10.1. The first-order valence-corrected chi connectivity index (χ1v) is 6.29. The predicted molar refractivity (Wildman–Crippen MR) is 66.5 cm³/mol. The molecule has 16 heavy (non-hydrogen) atoms. The van der Waals surface area contributed by atoms with E-state index in [4.69, 9.17) is 5.73 Å². The van der Waals surface area contributed by atoms with Gasteiger partial charge in [-0.05, 0) is 19.1 Å². The van der Waals surface area contributed by atoms with Gasteiger partial charge in [-0.3, -0.25) is 0 Å². The van der Waals surface area contributed by atoms with Crippen molar-refractivity contribution in [3.8, 4) is 0 Å². The number of nitrogens with one attached hydrogen (secondary N) is 2. The second kappa shape index (κ2) is 5.32. The van der Waals surface area contributed by atoms with Crippen LogP contribution in [0.3, 0.4) is 0 Å². The lowest BCUT2D eigenvalue weighted by Crippen LogP contribution is -3.27. The fourth-order valence-corrected chi connectivity index (χ4v) is 2.41. The molecule has 1 aliphatic heterocycles. The molecular formula is C13H23N3+2. The molecule has 0 aromatic heterocycles. The molecule has 0 aliphatic carbocycles. The Bertz CT molecular complexity index is 312. The molecule has 0 spiro atoms. The summed E-state index contributed by atoms with van der Waals surface area (Å²) in [5.41, 5.74) is 7.95. The van der Waals surface area contributed by atoms with Crippen LogP contribution in [0, 0.1) is 0 Å². The van der Waals surface area contributed by atoms with Crippen LogP contribution in [0.25, 0.3) is 0 Å². The van der Waals surface area contributed by atoms with Crippen LogP contribution in [0.1, 0.15) is 12.5 Å². The summed E-state index contributed by atoms with van der Waals surface area (Å²) in [6.07, 6.45) is 0. The largest absolute Gasteiger partial charge is 0.399 e. The maximum Gasteiger partial charge on any atom is 0.127 e. The van der Waals surface area contributed by atoms with Crippen molar-refractivity contribution < 1.29 is 9.80 Å². The first-order valence-electron chi connectivity index (χ1n) is 6.29. The van der Waals surface area contributed by atoms with Crippen LogP contribution in [0.2, 0.25) is 0 Å². The van der Waals surface area contributed by atoms with Crippen LogP contribution >= 0.6 is 0 Å². The van der Waals surface area contributed by atoms with Gasteiger partial charge in [0.05, 0.1) is 6.54 Å². The summed E-state index contributed by atoms with van der Waals surface area (Å²) < 4.78 is 0. The van der Waals surface area contributed by atoms with Gasteiger partial charge in [-0.2, -0.15) is 0 Å². The van der Waals surface area contributed by atoms with Crippen LogP contribution in [-0.2, 0) is 6.54 Å². The van der Waals surface area contributed by atoms with Crippen molar-refractivity contribution in [1.82, 2.24) is 0 Å². The number of likely N-dealkylation sites (N-methyl/N-ethyl adjacent to an activating group) is 1. The minimum atomic E-state index is 0.860. The molecule has 3 nitrogen and oxygen atoms in total. The Kier molecular flexibility index (Phi) is 3.80. The SMILES string of the molecule is CC[NH+]1CC[NH+](Cc2ccc(N)cc2)CC1. The molecule has 0 amide bonds. The quantitative estimate of drug-likeness (QED) is 0.538. The summed E-state index contributed by atoms with van der Waals surface area (Å²) in [6.45, 7) is 9.94. The Hall–Kier alpha value is -1.06. The molecule has 3 heteroatoms. The van der Waals surface area contributed by atoms with Crippen molar-refractivity contribution in [2.45, 2.75) is 13.5 Å². The average molecular weight is 221 g/mol. The first-order chi connectivity index (χ1) is 7.78. The van der Waals surface area contributed by atoms with Crippen molar-refractivity contribution in [2.75, 3.05) is 38.5 Å². The predicted octanol–water partition coefficient (Wildman–Crippen LogP) is -1.43. The molecule has 1 aromatic rings. The molecule has 1 aliphatic rings. The van der Waals surface area contributed by atoms with Gasteiger partial charge in [0.2, 0.25) is 0 Å². The van der Waals surface area contributed by atoms with Gasteiger partial charge in [-0.15, -0.1) is 0 Å². The highest BCUT2D eigenvalue weighted by atomic mass is 15.3. The lowest BCUT2D eigenvalue weighted by molar-refractivity contribution is -1.02. The molecule has 0 atom stereocenters. The van der Waals surface area contributed by atoms with Gasteiger partial charge in [0.1, 0.15) is 32.7 Å². The molecule has 0 unspecified atom stereocenters. The van der Waals surface area contributed by atoms with Gasteiger partial charge in [0.15, 0.2) is 0 Å². The van der Waals surface area contributed by atoms with Crippen molar-refractivity contribution in [2.24, 2.45) is 0 Å². The molecule has 88 valence electrons. The Balaban J connectivity index is 1.84. The highest BCUT2D eigenvalue weighted by molar-refractivity contribution is 5.38. The lowest BCUT2D eigenvalue weighted by Gasteiger charge is -2.29. The Morgan fingerprint density at radius 1 is 1.00 bits per heavy atom. The van der Waals surface area contributed by atoms with Crippen LogP contribution in [0.5, 0.6) is 0 Å². The zero-order chi connectivity index (χ0) is 11.4. The van der Waals surface area contributed by atoms with Crippen LogP contribution in [-0.4, -0.2) is 32.7 Å². The number of piperazine rings is 1. The first kappa shape index (κ1) is 11.4. The van der Waals surface area contributed by atoms with E-state index in [1.807, 2.05) is 12.1 Å². The van der Waals surface area contributed by atoms with E-state index in [9.17, 15) is 0 Å². The van der Waals surface area contributed by atoms with E-state index in [-0.39, 0.29) is 0 Å². The molecule has 0 bridgehead atoms. The van der Waals surface area contributed by atoms with E-state index < -0.39 is 0 Å². The third-order valence-electron chi connectivity index (χ3n) is 3.60. The second-order valence-electron chi connectivity index (χ2n) is 4.77. The van der Waals surface area contributed by atoms with E-state index >= 15 is 0 Å². The van der Waals surface area contributed by atoms with Gasteiger partial charge in [0, 0.05) is 11.3 Å². The topological polar surface area (TPSA) is 34.9 Å². The standard InChI is InChI=1S/C13H21N3/c1-2-15-7-9-16(10-8-15)11-12-3-5-13(14)6-4-12/h3-6H,2,7-11,14H2,1H3/p+2. The number of benzene rings is 1. The highest BCUT2D eigenvalue weighted by Gasteiger charge is 2.21. The fourth-order valence-electron chi connectivity index (χ4n) is 2.41. The van der Waals surface area contributed by atoms with Gasteiger partial charge in [0.25, 0.3) is 0 Å². The monoisotopic (exact) mass is 221 g/mol. The molecule has 1 heterocycles. The second-order valence-corrected chi connectivity index (χ2v) is 4.77. The van der Waals surface area contributed by atoms with Gasteiger partial charge < -0.3 is 15.5 Å². The number of nitrogen functional groups attached to an aromatic ring is 1. The van der Waals surface area contributed by atoms with Gasteiger partial charge >= 0.3 is 0 Å². The number of nitrogens with two attached hydrogens (primary N) is 1. The summed E-state index contributed by atoms with van der Waals surface area (Å²) in [7, 11) is 0. The van der Waals surface area contributed by atoms with Gasteiger partial charge in [-0.1, -0.05) is 12.1 Å². The maximum atomic E-state index is 5.69. The van der Waals surface area contributed by atoms with Crippen LogP contribution < -0.4 is 15.5 Å². The van der Waals surface area contributed by atoms with Crippen molar-refractivity contribution in [1.29, 1.82) is 0 Å². The van der Waals surface area contributed by atoms with Crippen molar-refractivity contribution >= 4 is 5.69 Å². The van der Waals surface area contributed by atoms with Crippen LogP contribution in [0.4, 0.5) is 5.69 Å². The normalized spacial score (nSPS) is 25.6. The minimum absolute atomic E-state index is 0.860. The number of anilines is 1. The minimum Gasteiger partial charge on any atom is -0.399 e. The van der Waals surface area contributed by atoms with E-state index in [2.05, 4.69) is 19.1 Å². The number of rotatable bonds is 3. The van der Waals surface area contributed by atoms with E-state index in [1.54, 1.807) is 9.80 Å². The summed E-state index contributed by atoms with van der Waals surface area (Å²) in [5.74, 6) is 0. The average Bonchev–Trinajstić information content (AvgIpc) is 2.33. The molecule has 0 radical (unpaired) electrons. The van der Waals surface area contributed by atoms with Crippen molar-refractivity contribution in [3.63, 3.8) is 0 Å². The summed E-state index contributed by atoms with van der Waals surface area (Å²) in [6, 6.07) is 8.31. The molecule has 4 N–H and O–H groups in total. The van der Waals surface area contributed by atoms with Crippen molar-refractivity contribution in [3.05, 3.63) is 29.8 Å². The van der Waals surface area contributed by atoms with Gasteiger partial charge in [-0.25, -0.2) is 0 Å². The number of hydrogen-bond acceptors (Lipinski definition) is 1. The Morgan fingerprint density at radius 3 is 2.12 bits per heavy atom. The molecule has 1 saturated heterocycles. The highest BCUT2D eigenvalue weighted by Crippen LogP contribution is 2.03. The molecule has 1 fully saturated rings. The van der Waals surface area contributed by atoms with E-state index in [0.29, 0.717) is 0 Å². The van der Waals surface area contributed by atoms with Crippen LogP contribution in [0.15, 0.2) is 24.3 Å². The lowest BCUT2D eigenvalue weighted by atomic mass is 10.2. The summed E-state index contributed by atoms with van der Waals surface area (Å²) in [5, 5.41) is 0. The smallest absolute Gasteiger partial charge is 0.127 e. The Morgan fingerprint density at radius 2 is 1.56 bits per heavy atom. The molecule has 2 rings (SSSR count). The van der Waals surface area contributed by atoms with E-state index in [0.717, 1.165) is 12.2 Å². The summed E-state index contributed by atoms with van der Waals surface area (Å²) >= 11 is 0. The molecule has 0 saturated carbocycles. The molecular weight excluding hydrogens is 198 g/mol. The number of quaternary nitrogens is 2.